The van der Waals surface area contributed by atoms with Crippen molar-refractivity contribution in [3.8, 4) is 5.75 Å². The molecule has 1 unspecified atom stereocenters. The largest absolute Gasteiger partial charge is 0.497 e. The zero-order chi connectivity index (χ0) is 15.7. The van der Waals surface area contributed by atoms with Crippen LogP contribution in [0, 0.1) is 0 Å². The Kier molecular flexibility index (Phi) is 7.08. The van der Waals surface area contributed by atoms with Crippen molar-refractivity contribution in [1.29, 1.82) is 0 Å². The zero-order valence-electron chi connectivity index (χ0n) is 12.4. The Morgan fingerprint density at radius 3 is 2.76 bits per heavy atom. The Hall–Kier alpha value is -2.24. The third-order valence-electron chi connectivity index (χ3n) is 2.98. The van der Waals surface area contributed by atoms with Gasteiger partial charge in [0.25, 0.3) is 0 Å². The maximum absolute atomic E-state index is 11.8. The normalized spacial score (nSPS) is 11.5. The fourth-order valence-corrected chi connectivity index (χ4v) is 1.99. The molecule has 0 radical (unpaired) electrons. The van der Waals surface area contributed by atoms with Crippen LogP contribution in [0.25, 0.3) is 0 Å². The molecule has 0 aliphatic rings. The summed E-state index contributed by atoms with van der Waals surface area (Å²) in [7, 11) is 1.58. The zero-order valence-corrected chi connectivity index (χ0v) is 12.4. The van der Waals surface area contributed by atoms with Crippen LogP contribution in [0.15, 0.2) is 24.3 Å². The molecule has 0 aromatic heterocycles. The van der Waals surface area contributed by atoms with Gasteiger partial charge in [-0.05, 0) is 24.1 Å². The molecule has 0 aliphatic heterocycles. The van der Waals surface area contributed by atoms with E-state index in [4.69, 9.17) is 9.84 Å². The molecular formula is C15H22N2O4. The third kappa shape index (κ3) is 6.65. The summed E-state index contributed by atoms with van der Waals surface area (Å²) in [5.74, 6) is -0.189. The maximum Gasteiger partial charge on any atom is 0.315 e. The second kappa shape index (κ2) is 8.84. The molecule has 1 rings (SSSR count). The number of hydrogen-bond donors (Lipinski definition) is 3. The Bertz CT molecular complexity index is 476. The van der Waals surface area contributed by atoms with Gasteiger partial charge in [0.1, 0.15) is 5.75 Å². The molecule has 1 aromatic rings. The predicted octanol–water partition coefficient (Wildman–Crippen LogP) is 2.14. The first-order valence-corrected chi connectivity index (χ1v) is 6.94. The van der Waals surface area contributed by atoms with E-state index in [9.17, 15) is 9.59 Å². The Labute approximate surface area is 124 Å². The van der Waals surface area contributed by atoms with Gasteiger partial charge < -0.3 is 20.5 Å². The average molecular weight is 294 g/mol. The van der Waals surface area contributed by atoms with Gasteiger partial charge in [-0.2, -0.15) is 0 Å². The summed E-state index contributed by atoms with van der Waals surface area (Å²) in [6.07, 6.45) is 1.38. The van der Waals surface area contributed by atoms with E-state index in [0.29, 0.717) is 13.0 Å². The lowest BCUT2D eigenvalue weighted by Gasteiger charge is -2.16. The fourth-order valence-electron chi connectivity index (χ4n) is 1.99. The van der Waals surface area contributed by atoms with E-state index >= 15 is 0 Å². The van der Waals surface area contributed by atoms with Crippen molar-refractivity contribution < 1.29 is 19.4 Å². The smallest absolute Gasteiger partial charge is 0.315 e. The van der Waals surface area contributed by atoms with E-state index < -0.39 is 5.97 Å². The maximum atomic E-state index is 11.8. The van der Waals surface area contributed by atoms with Crippen LogP contribution in [-0.4, -0.2) is 30.3 Å². The van der Waals surface area contributed by atoms with Gasteiger partial charge >= 0.3 is 12.0 Å². The minimum absolute atomic E-state index is 0.0690. The minimum Gasteiger partial charge on any atom is -0.497 e. The summed E-state index contributed by atoms with van der Waals surface area (Å²) >= 11 is 0. The third-order valence-corrected chi connectivity index (χ3v) is 2.98. The molecule has 21 heavy (non-hydrogen) atoms. The van der Waals surface area contributed by atoms with Gasteiger partial charge in [-0.1, -0.05) is 25.5 Å². The standard InChI is InChI=1S/C15H22N2O4/c1-3-5-12(9-14(18)19)17-15(20)16-10-11-6-4-7-13(8-11)21-2/h4,6-8,12H,3,5,9-10H2,1-2H3,(H,18,19)(H2,16,17,20). The summed E-state index contributed by atoms with van der Waals surface area (Å²) < 4.78 is 5.11. The number of urea groups is 1. The van der Waals surface area contributed by atoms with Crippen LogP contribution in [0.5, 0.6) is 5.75 Å². The quantitative estimate of drug-likeness (QED) is 0.685. The van der Waals surface area contributed by atoms with Crippen LogP contribution >= 0.6 is 0 Å². The number of rotatable bonds is 8. The molecule has 6 heteroatoms. The van der Waals surface area contributed by atoms with E-state index in [0.717, 1.165) is 17.7 Å². The fraction of sp³-hybridized carbons (Fsp3) is 0.467. The highest BCUT2D eigenvalue weighted by atomic mass is 16.5. The van der Waals surface area contributed by atoms with Crippen molar-refractivity contribution in [1.82, 2.24) is 10.6 Å². The van der Waals surface area contributed by atoms with Crippen molar-refractivity contribution in [2.45, 2.75) is 38.8 Å². The lowest BCUT2D eigenvalue weighted by molar-refractivity contribution is -0.137. The number of aliphatic carboxylic acids is 1. The second-order valence-corrected chi connectivity index (χ2v) is 4.76. The number of carboxylic acid groups (broad SMARTS) is 1. The highest BCUT2D eigenvalue weighted by Gasteiger charge is 2.14. The SMILES string of the molecule is CCCC(CC(=O)O)NC(=O)NCc1cccc(OC)c1. The van der Waals surface area contributed by atoms with Gasteiger partial charge in [-0.15, -0.1) is 0 Å². The number of carbonyl (C=O) groups excluding carboxylic acids is 1. The summed E-state index contributed by atoms with van der Waals surface area (Å²) in [6.45, 7) is 2.31. The Morgan fingerprint density at radius 2 is 2.14 bits per heavy atom. The highest BCUT2D eigenvalue weighted by Crippen LogP contribution is 2.12. The molecule has 0 aliphatic carbocycles. The van der Waals surface area contributed by atoms with Gasteiger partial charge in [0.15, 0.2) is 0 Å². The number of carboxylic acids is 1. The lowest BCUT2D eigenvalue weighted by atomic mass is 10.1. The number of amides is 2. The van der Waals surface area contributed by atoms with E-state index in [-0.39, 0.29) is 18.5 Å². The highest BCUT2D eigenvalue weighted by molar-refractivity contribution is 5.75. The van der Waals surface area contributed by atoms with Gasteiger partial charge in [0, 0.05) is 12.6 Å². The summed E-state index contributed by atoms with van der Waals surface area (Å²) in [6, 6.07) is 6.67. The number of ether oxygens (including phenoxy) is 1. The minimum atomic E-state index is -0.915. The molecule has 0 saturated carbocycles. The topological polar surface area (TPSA) is 87.7 Å². The molecule has 2 amide bonds. The number of methoxy groups -OCH3 is 1. The first kappa shape index (κ1) is 16.8. The molecule has 116 valence electrons. The Morgan fingerprint density at radius 1 is 1.38 bits per heavy atom. The van der Waals surface area contributed by atoms with Crippen LogP contribution in [0.2, 0.25) is 0 Å². The number of hydrogen-bond acceptors (Lipinski definition) is 3. The van der Waals surface area contributed by atoms with E-state index in [1.807, 2.05) is 31.2 Å². The summed E-state index contributed by atoms with van der Waals surface area (Å²) in [5, 5.41) is 14.2. The molecule has 0 heterocycles. The van der Waals surface area contributed by atoms with E-state index in [2.05, 4.69) is 10.6 Å². The monoisotopic (exact) mass is 294 g/mol. The second-order valence-electron chi connectivity index (χ2n) is 4.76. The van der Waals surface area contributed by atoms with Crippen molar-refractivity contribution >= 4 is 12.0 Å². The van der Waals surface area contributed by atoms with Crippen molar-refractivity contribution in [2.24, 2.45) is 0 Å². The van der Waals surface area contributed by atoms with Gasteiger partial charge in [0.2, 0.25) is 0 Å². The van der Waals surface area contributed by atoms with Crippen LogP contribution < -0.4 is 15.4 Å². The number of benzene rings is 1. The first-order chi connectivity index (χ1) is 10.0. The number of nitrogens with one attached hydrogen (secondary N) is 2. The van der Waals surface area contributed by atoms with Crippen molar-refractivity contribution in [3.05, 3.63) is 29.8 Å². The van der Waals surface area contributed by atoms with Gasteiger partial charge in [0.05, 0.1) is 13.5 Å². The van der Waals surface area contributed by atoms with Crippen LogP contribution in [-0.2, 0) is 11.3 Å². The predicted molar refractivity (Wildman–Crippen MR) is 79.3 cm³/mol. The van der Waals surface area contributed by atoms with E-state index in [1.165, 1.54) is 0 Å². The van der Waals surface area contributed by atoms with E-state index in [1.54, 1.807) is 7.11 Å². The van der Waals surface area contributed by atoms with Crippen LogP contribution in [0.1, 0.15) is 31.7 Å². The molecule has 3 N–H and O–H groups in total. The van der Waals surface area contributed by atoms with Crippen molar-refractivity contribution in [2.75, 3.05) is 7.11 Å². The first-order valence-electron chi connectivity index (χ1n) is 6.94. The molecule has 6 nitrogen and oxygen atoms in total. The molecule has 0 spiro atoms. The van der Waals surface area contributed by atoms with Crippen molar-refractivity contribution in [3.63, 3.8) is 0 Å². The lowest BCUT2D eigenvalue weighted by Crippen LogP contribution is -2.42. The van der Waals surface area contributed by atoms with Crippen LogP contribution in [0.4, 0.5) is 4.79 Å². The van der Waals surface area contributed by atoms with Gasteiger partial charge in [-0.3, -0.25) is 4.79 Å². The van der Waals surface area contributed by atoms with Gasteiger partial charge in [-0.25, -0.2) is 4.79 Å². The molecule has 1 atom stereocenters. The summed E-state index contributed by atoms with van der Waals surface area (Å²) in [5.41, 5.74) is 0.912. The molecular weight excluding hydrogens is 272 g/mol. The number of carbonyl (C=O) groups is 2. The molecule has 0 saturated heterocycles. The summed E-state index contributed by atoms with van der Waals surface area (Å²) in [4.78, 5) is 22.5. The molecule has 0 fully saturated rings. The Balaban J connectivity index is 2.46. The van der Waals surface area contributed by atoms with Crippen LogP contribution in [0.3, 0.4) is 0 Å². The molecule has 0 bridgehead atoms. The average Bonchev–Trinajstić information content (AvgIpc) is 2.45. The molecule has 1 aromatic carbocycles.